The molecule has 0 bridgehead atoms. The molecule has 1 unspecified atom stereocenters. The Hall–Kier alpha value is -2.37. The molecule has 1 aromatic rings. The maximum Gasteiger partial charge on any atom is 0.258 e. The van der Waals surface area contributed by atoms with Gasteiger partial charge < -0.3 is 10.1 Å². The van der Waals surface area contributed by atoms with Gasteiger partial charge in [0, 0.05) is 0 Å². The van der Waals surface area contributed by atoms with E-state index in [0.717, 1.165) is 0 Å². The van der Waals surface area contributed by atoms with Gasteiger partial charge >= 0.3 is 0 Å². The van der Waals surface area contributed by atoms with Crippen LogP contribution in [0, 0.1) is 0 Å². The van der Waals surface area contributed by atoms with E-state index in [-0.39, 0.29) is 18.9 Å². The van der Waals surface area contributed by atoms with Crippen molar-refractivity contribution < 1.29 is 19.1 Å². The Labute approximate surface area is 103 Å². The van der Waals surface area contributed by atoms with E-state index >= 15 is 0 Å². The van der Waals surface area contributed by atoms with E-state index < -0.39 is 17.9 Å². The lowest BCUT2D eigenvalue weighted by Crippen LogP contribution is -2.42. The van der Waals surface area contributed by atoms with Crippen LogP contribution in [0.25, 0.3) is 0 Å². The second-order valence-corrected chi connectivity index (χ2v) is 3.84. The topological polar surface area (TPSA) is 84.5 Å². The fourth-order valence-corrected chi connectivity index (χ4v) is 1.57. The molecule has 3 amide bonds. The molecule has 1 aromatic carbocycles. The van der Waals surface area contributed by atoms with Crippen LogP contribution in [0.3, 0.4) is 0 Å². The number of benzene rings is 1. The first-order valence-electron chi connectivity index (χ1n) is 5.46. The summed E-state index contributed by atoms with van der Waals surface area (Å²) in [7, 11) is 0. The second kappa shape index (κ2) is 5.31. The number of ether oxygens (including phenoxy) is 1. The zero-order valence-corrected chi connectivity index (χ0v) is 9.51. The van der Waals surface area contributed by atoms with E-state index in [2.05, 4.69) is 10.6 Å². The Kier molecular flexibility index (Phi) is 3.57. The van der Waals surface area contributed by atoms with Gasteiger partial charge in [-0.2, -0.15) is 0 Å². The normalized spacial score (nSPS) is 18.3. The van der Waals surface area contributed by atoms with Crippen LogP contribution >= 0.6 is 0 Å². The zero-order chi connectivity index (χ0) is 13.0. The van der Waals surface area contributed by atoms with Gasteiger partial charge in [0.25, 0.3) is 5.91 Å². The predicted molar refractivity (Wildman–Crippen MR) is 61.6 cm³/mol. The van der Waals surface area contributed by atoms with Crippen LogP contribution in [-0.4, -0.2) is 30.4 Å². The fourth-order valence-electron chi connectivity index (χ4n) is 1.57. The smallest absolute Gasteiger partial charge is 0.258 e. The minimum absolute atomic E-state index is 0.0179. The van der Waals surface area contributed by atoms with Crippen LogP contribution in [0.5, 0.6) is 5.75 Å². The van der Waals surface area contributed by atoms with Gasteiger partial charge in [-0.1, -0.05) is 18.2 Å². The molecule has 0 spiro atoms. The number of carbonyl (C=O) groups excluding carboxylic acids is 3. The van der Waals surface area contributed by atoms with Crippen LogP contribution < -0.4 is 15.4 Å². The molecule has 1 saturated heterocycles. The number of nitrogens with one attached hydrogen (secondary N) is 2. The van der Waals surface area contributed by atoms with Crippen molar-refractivity contribution in [3.8, 4) is 5.75 Å². The van der Waals surface area contributed by atoms with Crippen molar-refractivity contribution in [1.82, 2.24) is 10.6 Å². The number of para-hydroxylation sites is 1. The highest BCUT2D eigenvalue weighted by atomic mass is 16.5. The van der Waals surface area contributed by atoms with Crippen LogP contribution in [0.4, 0.5) is 0 Å². The van der Waals surface area contributed by atoms with Crippen LogP contribution in [0.15, 0.2) is 30.3 Å². The molecule has 6 heteroatoms. The molecule has 0 saturated carbocycles. The maximum absolute atomic E-state index is 11.5. The first kappa shape index (κ1) is 12.1. The Morgan fingerprint density at radius 2 is 2.06 bits per heavy atom. The minimum atomic E-state index is -0.788. The Bertz CT molecular complexity index is 472. The first-order valence-corrected chi connectivity index (χ1v) is 5.46. The maximum atomic E-state index is 11.5. The molecule has 2 rings (SSSR count). The lowest BCUT2D eigenvalue weighted by molar-refractivity contribution is -0.129. The quantitative estimate of drug-likeness (QED) is 0.710. The summed E-state index contributed by atoms with van der Waals surface area (Å²) in [5.74, 6) is -0.726. The summed E-state index contributed by atoms with van der Waals surface area (Å²) < 4.78 is 5.21. The first-order chi connectivity index (χ1) is 8.65. The number of amides is 3. The lowest BCUT2D eigenvalue weighted by Gasteiger charge is -2.10. The molecule has 1 fully saturated rings. The van der Waals surface area contributed by atoms with Gasteiger partial charge in [0.15, 0.2) is 6.61 Å². The monoisotopic (exact) mass is 248 g/mol. The van der Waals surface area contributed by atoms with E-state index in [1.807, 2.05) is 6.07 Å². The summed E-state index contributed by atoms with van der Waals surface area (Å²) >= 11 is 0. The molecule has 1 atom stereocenters. The zero-order valence-electron chi connectivity index (χ0n) is 9.51. The van der Waals surface area contributed by atoms with Gasteiger partial charge in [-0.05, 0) is 12.1 Å². The van der Waals surface area contributed by atoms with Gasteiger partial charge in [0.2, 0.25) is 11.8 Å². The standard InChI is InChI=1S/C12H12N2O4/c15-10-6-9(12(17)14-10)13-11(16)7-18-8-4-2-1-3-5-8/h1-5,9H,6-7H2,(H,13,16)(H,14,15,17). The van der Waals surface area contributed by atoms with Gasteiger partial charge in [0.05, 0.1) is 6.42 Å². The highest BCUT2D eigenvalue weighted by Crippen LogP contribution is 2.08. The molecular weight excluding hydrogens is 236 g/mol. The minimum Gasteiger partial charge on any atom is -0.484 e. The number of hydrogen-bond donors (Lipinski definition) is 2. The number of carbonyl (C=O) groups is 3. The van der Waals surface area contributed by atoms with Gasteiger partial charge in [0.1, 0.15) is 11.8 Å². The third-order valence-electron chi connectivity index (χ3n) is 2.42. The highest BCUT2D eigenvalue weighted by molar-refractivity contribution is 6.06. The molecule has 1 heterocycles. The van der Waals surface area contributed by atoms with Gasteiger partial charge in [-0.25, -0.2) is 0 Å². The van der Waals surface area contributed by atoms with E-state index in [9.17, 15) is 14.4 Å². The molecule has 6 nitrogen and oxygen atoms in total. The predicted octanol–water partition coefficient (Wildman–Crippen LogP) is -0.403. The molecule has 1 aliphatic rings. The van der Waals surface area contributed by atoms with E-state index in [1.165, 1.54) is 0 Å². The second-order valence-electron chi connectivity index (χ2n) is 3.84. The summed E-state index contributed by atoms with van der Waals surface area (Å²) in [6.45, 7) is -0.192. The van der Waals surface area contributed by atoms with Crippen LogP contribution in [0.1, 0.15) is 6.42 Å². The average molecular weight is 248 g/mol. The SMILES string of the molecule is O=C1CC(NC(=O)COc2ccccc2)C(=O)N1. The summed E-state index contributed by atoms with van der Waals surface area (Å²) in [6.07, 6.45) is -0.0179. The van der Waals surface area contributed by atoms with Crippen LogP contribution in [0.2, 0.25) is 0 Å². The molecule has 0 radical (unpaired) electrons. The van der Waals surface area contributed by atoms with Crippen molar-refractivity contribution in [3.05, 3.63) is 30.3 Å². The van der Waals surface area contributed by atoms with Crippen molar-refractivity contribution in [1.29, 1.82) is 0 Å². The van der Waals surface area contributed by atoms with Gasteiger partial charge in [-0.15, -0.1) is 0 Å². The van der Waals surface area contributed by atoms with E-state index in [4.69, 9.17) is 4.74 Å². The largest absolute Gasteiger partial charge is 0.484 e. The van der Waals surface area contributed by atoms with E-state index in [0.29, 0.717) is 5.75 Å². The lowest BCUT2D eigenvalue weighted by atomic mass is 10.2. The summed E-state index contributed by atoms with van der Waals surface area (Å²) in [6, 6.07) is 8.07. The third-order valence-corrected chi connectivity index (χ3v) is 2.42. The van der Waals surface area contributed by atoms with Crippen molar-refractivity contribution >= 4 is 17.7 Å². The number of hydrogen-bond acceptors (Lipinski definition) is 4. The molecular formula is C12H12N2O4. The number of imide groups is 1. The summed E-state index contributed by atoms with van der Waals surface area (Å²) in [4.78, 5) is 33.6. The third kappa shape index (κ3) is 3.07. The molecule has 1 aliphatic heterocycles. The average Bonchev–Trinajstić information content (AvgIpc) is 2.67. The molecule has 2 N–H and O–H groups in total. The number of rotatable bonds is 4. The Balaban J connectivity index is 1.79. The van der Waals surface area contributed by atoms with Crippen LogP contribution in [-0.2, 0) is 14.4 Å². The summed E-state index contributed by atoms with van der Waals surface area (Å²) in [5.41, 5.74) is 0. The fraction of sp³-hybridized carbons (Fsp3) is 0.250. The van der Waals surface area contributed by atoms with Crippen molar-refractivity contribution in [2.75, 3.05) is 6.61 Å². The van der Waals surface area contributed by atoms with Gasteiger partial charge in [-0.3, -0.25) is 19.7 Å². The van der Waals surface area contributed by atoms with Crippen molar-refractivity contribution in [2.24, 2.45) is 0 Å². The Morgan fingerprint density at radius 1 is 1.33 bits per heavy atom. The highest BCUT2D eigenvalue weighted by Gasteiger charge is 2.31. The molecule has 0 aromatic heterocycles. The molecule has 94 valence electrons. The van der Waals surface area contributed by atoms with E-state index in [1.54, 1.807) is 24.3 Å². The molecule has 18 heavy (non-hydrogen) atoms. The van der Waals surface area contributed by atoms with Crippen molar-refractivity contribution in [2.45, 2.75) is 12.5 Å². The molecule has 0 aliphatic carbocycles. The Morgan fingerprint density at radius 3 is 2.67 bits per heavy atom. The van der Waals surface area contributed by atoms with Crippen molar-refractivity contribution in [3.63, 3.8) is 0 Å². The summed E-state index contributed by atoms with van der Waals surface area (Å²) in [5, 5.41) is 4.55.